The summed E-state index contributed by atoms with van der Waals surface area (Å²) in [5.41, 5.74) is 22.2. The normalized spacial score (nSPS) is 12.7. The third-order valence-corrected chi connectivity index (χ3v) is 23.6. The van der Waals surface area contributed by atoms with Crippen LogP contribution in [0.15, 0.2) is 418 Å². The van der Waals surface area contributed by atoms with Gasteiger partial charge in [-0.3, -0.25) is 9.97 Å². The molecule has 0 atom stereocenters. The molecule has 1 aliphatic heterocycles. The van der Waals surface area contributed by atoms with Gasteiger partial charge in [0, 0.05) is 73.4 Å². The van der Waals surface area contributed by atoms with Gasteiger partial charge < -0.3 is 9.31 Å². The summed E-state index contributed by atoms with van der Waals surface area (Å²) in [5, 5.41) is 9.58. The third kappa shape index (κ3) is 16.7. The van der Waals surface area contributed by atoms with Gasteiger partial charge in [0.2, 0.25) is 0 Å². The number of pyridine rings is 2. The summed E-state index contributed by atoms with van der Waals surface area (Å²) >= 11 is 3.54. The van der Waals surface area contributed by atoms with Crippen molar-refractivity contribution in [2.24, 2.45) is 0 Å². The standard InChI is InChI=1S/C52H34N4.C39H26BrN3.C19H20BNO2/c1-3-9-35(10-4-1)36-21-24-41(25-22-36)51-54-50(40-11-5-2-6-12-40)55-52(56-51)47-16-8-15-44(33-47)43-14-7-13-42(31-43)37-17-19-38(20-18-37)45-27-28-48-46(32-45)26-23-39-29-30-53-34-49(39)48;40-36-23-21-29(22-24-36)32-13-7-14-33(25-32)34-15-8-16-35(26-34)39-42-37(30-11-5-2-6-12-30)41-38(43-39)31-19-17-28(18-20-31)27-9-3-1-4-10-27;1-18(2)19(3,4)23-20(22-18)15-7-8-16-14(11-15)6-5-13-9-10-21-12-17(13)16/h1-34H;1-26H;5-12H,1-4H3. The molecule has 21 rings (SSSR count). The van der Waals surface area contributed by atoms with Crippen molar-refractivity contribution >= 4 is 71.6 Å². The number of benzene rings is 16. The minimum absolute atomic E-state index is 0.320. The van der Waals surface area contributed by atoms with Crippen molar-refractivity contribution in [1.82, 2.24) is 39.9 Å². The lowest BCUT2D eigenvalue weighted by molar-refractivity contribution is 0.00578. The molecule has 16 aromatic carbocycles. The first-order valence-corrected chi connectivity index (χ1v) is 41.7. The highest BCUT2D eigenvalue weighted by Gasteiger charge is 2.51. The second kappa shape index (κ2) is 34.0. The van der Waals surface area contributed by atoms with Gasteiger partial charge in [0.1, 0.15) is 0 Å². The van der Waals surface area contributed by atoms with E-state index in [0.717, 1.165) is 87.8 Å². The zero-order chi connectivity index (χ0) is 82.5. The Bertz CT molecular complexity index is 7170. The molecule has 10 nitrogen and oxygen atoms in total. The monoisotopic (exact) mass is 1630 g/mol. The van der Waals surface area contributed by atoms with Crippen LogP contribution in [0.4, 0.5) is 0 Å². The maximum Gasteiger partial charge on any atom is 0.494 e. The molecule has 0 amide bonds. The van der Waals surface area contributed by atoms with Gasteiger partial charge in [-0.2, -0.15) is 0 Å². The van der Waals surface area contributed by atoms with Gasteiger partial charge >= 0.3 is 7.12 Å². The first kappa shape index (κ1) is 77.3. The quantitative estimate of drug-likeness (QED) is 0.0768. The second-order valence-corrected chi connectivity index (χ2v) is 32.4. The highest BCUT2D eigenvalue weighted by molar-refractivity contribution is 9.10. The van der Waals surface area contributed by atoms with Gasteiger partial charge in [-0.05, 0) is 198 Å². The Kier molecular flexibility index (Phi) is 21.5. The Morgan fingerprint density at radius 1 is 0.213 bits per heavy atom. The van der Waals surface area contributed by atoms with E-state index in [-0.39, 0.29) is 18.3 Å². The Labute approximate surface area is 718 Å². The molecule has 0 aliphatic carbocycles. The summed E-state index contributed by atoms with van der Waals surface area (Å²) in [5.74, 6) is 3.85. The number of halogens is 1. The fraction of sp³-hybridized carbons (Fsp3) is 0.0545. The Morgan fingerprint density at radius 3 is 0.852 bits per heavy atom. The lowest BCUT2D eigenvalue weighted by Crippen LogP contribution is -2.41. The van der Waals surface area contributed by atoms with E-state index in [0.29, 0.717) is 34.9 Å². The molecule has 0 radical (unpaired) electrons. The zero-order valence-electron chi connectivity index (χ0n) is 67.6. The van der Waals surface area contributed by atoms with E-state index in [1.807, 2.05) is 104 Å². The number of aromatic nitrogens is 8. The summed E-state index contributed by atoms with van der Waals surface area (Å²) < 4.78 is 13.4. The molecular weight excluding hydrogens is 1560 g/mol. The van der Waals surface area contributed by atoms with E-state index >= 15 is 0 Å². The summed E-state index contributed by atoms with van der Waals surface area (Å²) in [7, 11) is -0.325. The van der Waals surface area contributed by atoms with E-state index in [4.69, 9.17) is 39.2 Å². The van der Waals surface area contributed by atoms with Crippen molar-refractivity contribution in [3.05, 3.63) is 418 Å². The highest BCUT2D eigenvalue weighted by Crippen LogP contribution is 2.40. The third-order valence-electron chi connectivity index (χ3n) is 23.0. The van der Waals surface area contributed by atoms with Gasteiger partial charge in [-0.25, -0.2) is 29.9 Å². The minimum atomic E-state index is -0.325. The van der Waals surface area contributed by atoms with Gasteiger partial charge in [0.05, 0.1) is 11.2 Å². The van der Waals surface area contributed by atoms with E-state index in [1.165, 1.54) is 76.5 Å². The molecule has 1 fully saturated rings. The molecule has 20 aromatic rings. The van der Waals surface area contributed by atoms with Crippen LogP contribution < -0.4 is 5.46 Å². The minimum Gasteiger partial charge on any atom is -0.399 e. The topological polar surface area (TPSA) is 122 Å². The molecule has 582 valence electrons. The smallest absolute Gasteiger partial charge is 0.399 e. The fourth-order valence-electron chi connectivity index (χ4n) is 15.6. The van der Waals surface area contributed by atoms with Crippen molar-refractivity contribution in [3.63, 3.8) is 0 Å². The molecule has 0 unspecified atom stereocenters. The van der Waals surface area contributed by atoms with Gasteiger partial charge in [0.15, 0.2) is 34.9 Å². The van der Waals surface area contributed by atoms with Crippen molar-refractivity contribution in [2.75, 3.05) is 0 Å². The molecular formula is C110H80BBrN8O2. The number of nitrogens with zero attached hydrogens (tertiary/aromatic N) is 8. The maximum atomic E-state index is 6.15. The van der Waals surface area contributed by atoms with Crippen LogP contribution in [-0.4, -0.2) is 58.2 Å². The second-order valence-electron chi connectivity index (χ2n) is 31.5. The van der Waals surface area contributed by atoms with E-state index in [9.17, 15) is 0 Å². The summed E-state index contributed by atoms with van der Waals surface area (Å²) in [6, 6.07) is 135. The van der Waals surface area contributed by atoms with Crippen molar-refractivity contribution < 1.29 is 9.31 Å². The highest BCUT2D eigenvalue weighted by atomic mass is 79.9. The van der Waals surface area contributed by atoms with Crippen LogP contribution in [-0.2, 0) is 9.31 Å². The van der Waals surface area contributed by atoms with Crippen LogP contribution in [0.25, 0.3) is 189 Å². The van der Waals surface area contributed by atoms with Gasteiger partial charge in [-0.15, -0.1) is 0 Å². The molecule has 1 saturated heterocycles. The molecule has 0 spiro atoms. The van der Waals surface area contributed by atoms with Crippen LogP contribution >= 0.6 is 15.9 Å². The average Bonchev–Trinajstić information content (AvgIpc) is 1.46. The van der Waals surface area contributed by atoms with E-state index < -0.39 is 0 Å². The van der Waals surface area contributed by atoms with Crippen molar-refractivity contribution in [3.8, 4) is 146 Å². The number of hydrogen-bond donors (Lipinski definition) is 0. The Morgan fingerprint density at radius 2 is 0.467 bits per heavy atom. The molecule has 4 aromatic heterocycles. The lowest BCUT2D eigenvalue weighted by Gasteiger charge is -2.32. The van der Waals surface area contributed by atoms with Crippen LogP contribution in [0.2, 0.25) is 0 Å². The van der Waals surface area contributed by atoms with E-state index in [2.05, 4.69) is 363 Å². The predicted molar refractivity (Wildman–Crippen MR) is 506 cm³/mol. The zero-order valence-corrected chi connectivity index (χ0v) is 69.2. The maximum absolute atomic E-state index is 6.15. The van der Waals surface area contributed by atoms with E-state index in [1.54, 1.807) is 0 Å². The molecule has 5 heterocycles. The first-order valence-electron chi connectivity index (χ1n) is 40.9. The van der Waals surface area contributed by atoms with Gasteiger partial charge in [0.25, 0.3) is 0 Å². The van der Waals surface area contributed by atoms with Crippen molar-refractivity contribution in [2.45, 2.75) is 38.9 Å². The lowest BCUT2D eigenvalue weighted by atomic mass is 9.78. The summed E-state index contributed by atoms with van der Waals surface area (Å²) in [4.78, 5) is 38.4. The molecule has 122 heavy (non-hydrogen) atoms. The number of rotatable bonds is 14. The summed E-state index contributed by atoms with van der Waals surface area (Å²) in [6.45, 7) is 8.31. The Balaban J connectivity index is 0.000000131. The van der Waals surface area contributed by atoms with Crippen LogP contribution in [0.1, 0.15) is 27.7 Å². The van der Waals surface area contributed by atoms with Gasteiger partial charge in [-0.1, -0.05) is 350 Å². The van der Waals surface area contributed by atoms with Crippen LogP contribution in [0.3, 0.4) is 0 Å². The van der Waals surface area contributed by atoms with Crippen LogP contribution in [0, 0.1) is 0 Å². The van der Waals surface area contributed by atoms with Crippen molar-refractivity contribution in [1.29, 1.82) is 0 Å². The number of fused-ring (bicyclic) bond motifs is 6. The largest absolute Gasteiger partial charge is 0.494 e. The number of hydrogen-bond acceptors (Lipinski definition) is 10. The predicted octanol–water partition coefficient (Wildman–Crippen LogP) is 27.6. The fourth-order valence-corrected chi connectivity index (χ4v) is 15.9. The Hall–Kier alpha value is -14.7. The molecule has 0 saturated carbocycles. The van der Waals surface area contributed by atoms with Crippen LogP contribution in [0.5, 0.6) is 0 Å². The summed E-state index contributed by atoms with van der Waals surface area (Å²) in [6.07, 6.45) is 7.55. The first-order chi connectivity index (χ1) is 59.8. The molecule has 1 aliphatic rings. The molecule has 0 bridgehead atoms. The molecule has 0 N–H and O–H groups in total. The average molecular weight is 1640 g/mol. The molecule has 12 heteroatoms. The SMILES string of the molecule is Brc1ccc(-c2cccc(-c3cccc(-c4nc(-c5ccccc5)nc(-c5ccc(-c6ccccc6)cc5)n4)c3)c2)cc1.CC1(C)OB(c2ccc3c(ccc4ccncc43)c2)OC1(C)C.c1ccc(-c2ccc(-c3nc(-c4ccccc4)nc(-c4cccc(-c5cccc(-c6ccc(-c7ccc8c(ccc9ccncc98)c7)cc6)c5)c4)n3)cc2)cc1.